The van der Waals surface area contributed by atoms with Gasteiger partial charge in [-0.1, -0.05) is 24.3 Å². The summed E-state index contributed by atoms with van der Waals surface area (Å²) in [7, 11) is 2.02. The molecule has 0 spiro atoms. The summed E-state index contributed by atoms with van der Waals surface area (Å²) in [6.45, 7) is 6.58. The molecule has 0 unspecified atom stereocenters. The van der Waals surface area contributed by atoms with E-state index in [0.717, 1.165) is 51.4 Å². The molecule has 1 aromatic carbocycles. The lowest BCUT2D eigenvalue weighted by atomic mass is 9.93. The maximum Gasteiger partial charge on any atom is 0.220 e. The normalized spacial score (nSPS) is 26.5. The maximum atomic E-state index is 12.9. The van der Waals surface area contributed by atoms with Crippen LogP contribution in [0.1, 0.15) is 53.7 Å². The highest BCUT2D eigenvalue weighted by molar-refractivity contribution is 5.77. The number of benzene rings is 1. The molecule has 1 aromatic heterocycles. The van der Waals surface area contributed by atoms with E-state index >= 15 is 0 Å². The smallest absolute Gasteiger partial charge is 0.220 e. The molecule has 0 bridgehead atoms. The molecule has 2 fully saturated rings. The van der Waals surface area contributed by atoms with Crippen LogP contribution in [0.3, 0.4) is 0 Å². The number of rotatable bonds is 5. The molecule has 0 radical (unpaired) electrons. The second kappa shape index (κ2) is 8.16. The molecule has 1 amide bonds. The molecule has 2 aromatic rings. The molecule has 3 aliphatic rings. The first kappa shape index (κ1) is 19.8. The molecule has 1 N–H and O–H groups in total. The van der Waals surface area contributed by atoms with Crippen molar-refractivity contribution in [2.24, 2.45) is 18.9 Å². The van der Waals surface area contributed by atoms with Gasteiger partial charge in [-0.05, 0) is 42.9 Å². The summed E-state index contributed by atoms with van der Waals surface area (Å²) in [4.78, 5) is 15.4. The van der Waals surface area contributed by atoms with E-state index in [1.54, 1.807) is 0 Å². The monoisotopic (exact) mass is 408 g/mol. The quantitative estimate of drug-likeness (QED) is 0.826. The average molecular weight is 409 g/mol. The highest BCUT2D eigenvalue weighted by Gasteiger charge is 2.46. The first-order chi connectivity index (χ1) is 14.6. The van der Waals surface area contributed by atoms with Crippen LogP contribution >= 0.6 is 0 Å². The lowest BCUT2D eigenvalue weighted by Gasteiger charge is -2.25. The number of carbonyl (C=O) groups is 1. The van der Waals surface area contributed by atoms with E-state index in [-0.39, 0.29) is 11.9 Å². The number of fused-ring (bicyclic) bond motifs is 3. The fourth-order valence-electron chi connectivity index (χ4n) is 5.74. The summed E-state index contributed by atoms with van der Waals surface area (Å²) in [6, 6.07) is 11.0. The Morgan fingerprint density at radius 2 is 1.97 bits per heavy atom. The van der Waals surface area contributed by atoms with E-state index in [0.29, 0.717) is 24.2 Å². The van der Waals surface area contributed by atoms with E-state index < -0.39 is 0 Å². The van der Waals surface area contributed by atoms with Crippen LogP contribution in [0, 0.1) is 18.8 Å². The van der Waals surface area contributed by atoms with Gasteiger partial charge in [0.05, 0.1) is 17.4 Å². The molecule has 30 heavy (non-hydrogen) atoms. The second-order valence-electron chi connectivity index (χ2n) is 9.30. The lowest BCUT2D eigenvalue weighted by molar-refractivity contribution is -0.123. The number of amides is 1. The molecule has 6 heteroatoms. The van der Waals surface area contributed by atoms with Crippen molar-refractivity contribution in [3.63, 3.8) is 0 Å². The molecule has 3 heterocycles. The number of nitrogens with zero attached hydrogens (tertiary/aromatic N) is 3. The number of likely N-dealkylation sites (tertiary alicyclic amines) is 1. The molecule has 0 saturated carbocycles. The van der Waals surface area contributed by atoms with E-state index in [1.807, 2.05) is 18.7 Å². The van der Waals surface area contributed by atoms with Gasteiger partial charge < -0.3 is 10.1 Å². The average Bonchev–Trinajstić information content (AvgIpc) is 3.37. The van der Waals surface area contributed by atoms with Crippen molar-refractivity contribution < 1.29 is 9.53 Å². The van der Waals surface area contributed by atoms with E-state index in [4.69, 9.17) is 4.74 Å². The Balaban J connectivity index is 1.30. The molecular weight excluding hydrogens is 376 g/mol. The van der Waals surface area contributed by atoms with Crippen molar-refractivity contribution in [1.82, 2.24) is 20.0 Å². The fraction of sp³-hybridized carbons (Fsp3) is 0.583. The number of aromatic nitrogens is 2. The van der Waals surface area contributed by atoms with Gasteiger partial charge in [0, 0.05) is 58.2 Å². The molecule has 1 aliphatic carbocycles. The third-order valence-corrected chi connectivity index (χ3v) is 7.22. The zero-order chi connectivity index (χ0) is 20.7. The number of ether oxygens (including phenoxy) is 1. The number of hydrogen-bond acceptors (Lipinski definition) is 4. The van der Waals surface area contributed by atoms with Crippen LogP contribution in [0.5, 0.6) is 0 Å². The standard InChI is InChI=1S/C24H32N4O2/c1-16-11-18(27(2)26-16)13-28-14-21-19-5-3-4-6-20(19)24(22(21)15-28)25-23(29)12-17-7-9-30-10-8-17/h3-6,11,17,21-22,24H,7-10,12-15H2,1-2H3,(H,25,29)/t21-,22-,24+/m0/s1. The summed E-state index contributed by atoms with van der Waals surface area (Å²) in [5, 5.41) is 7.92. The zero-order valence-corrected chi connectivity index (χ0v) is 18.0. The van der Waals surface area contributed by atoms with Crippen molar-refractivity contribution >= 4 is 5.91 Å². The second-order valence-corrected chi connectivity index (χ2v) is 9.30. The van der Waals surface area contributed by atoms with Crippen LogP contribution in [0.25, 0.3) is 0 Å². The molecule has 3 atom stereocenters. The van der Waals surface area contributed by atoms with E-state index in [2.05, 4.69) is 45.6 Å². The van der Waals surface area contributed by atoms with Crippen molar-refractivity contribution in [3.8, 4) is 0 Å². The number of hydrogen-bond donors (Lipinski definition) is 1. The largest absolute Gasteiger partial charge is 0.381 e. The summed E-state index contributed by atoms with van der Waals surface area (Å²) in [6.07, 6.45) is 2.62. The minimum atomic E-state index is 0.122. The predicted octanol–water partition coefficient (Wildman–Crippen LogP) is 2.93. The van der Waals surface area contributed by atoms with Gasteiger partial charge in [-0.2, -0.15) is 5.10 Å². The zero-order valence-electron chi connectivity index (χ0n) is 18.0. The topological polar surface area (TPSA) is 59.4 Å². The van der Waals surface area contributed by atoms with Crippen molar-refractivity contribution in [2.45, 2.75) is 44.7 Å². The Morgan fingerprint density at radius 1 is 1.20 bits per heavy atom. The van der Waals surface area contributed by atoms with Crippen LogP contribution in [-0.4, -0.2) is 46.9 Å². The molecule has 6 nitrogen and oxygen atoms in total. The van der Waals surface area contributed by atoms with Gasteiger partial charge in [0.15, 0.2) is 0 Å². The SMILES string of the molecule is Cc1cc(CN2C[C@@H]3[C@H](NC(=O)CC4CCOCC4)c4ccccc4[C@@H]3C2)n(C)n1. The van der Waals surface area contributed by atoms with Gasteiger partial charge in [0.2, 0.25) is 5.91 Å². The van der Waals surface area contributed by atoms with Crippen LogP contribution < -0.4 is 5.32 Å². The Kier molecular flexibility index (Phi) is 5.37. The van der Waals surface area contributed by atoms with Gasteiger partial charge in [0.25, 0.3) is 0 Å². The van der Waals surface area contributed by atoms with Gasteiger partial charge >= 0.3 is 0 Å². The molecule has 160 valence electrons. The van der Waals surface area contributed by atoms with Gasteiger partial charge in [-0.25, -0.2) is 0 Å². The number of nitrogens with one attached hydrogen (secondary N) is 1. The molecule has 5 rings (SSSR count). The third-order valence-electron chi connectivity index (χ3n) is 7.22. The summed E-state index contributed by atoms with van der Waals surface area (Å²) < 4.78 is 7.44. The minimum Gasteiger partial charge on any atom is -0.381 e. The van der Waals surface area contributed by atoms with Crippen molar-refractivity contribution in [1.29, 1.82) is 0 Å². The van der Waals surface area contributed by atoms with Crippen molar-refractivity contribution in [2.75, 3.05) is 26.3 Å². The van der Waals surface area contributed by atoms with Crippen LogP contribution in [-0.2, 0) is 23.1 Å². The highest BCUT2D eigenvalue weighted by Crippen LogP contribution is 2.49. The third kappa shape index (κ3) is 3.79. The van der Waals surface area contributed by atoms with Crippen LogP contribution in [0.15, 0.2) is 30.3 Å². The maximum absolute atomic E-state index is 12.9. The number of aryl methyl sites for hydroxylation is 2. The summed E-state index contributed by atoms with van der Waals surface area (Å²) in [5.41, 5.74) is 5.06. The Labute approximate surface area is 178 Å². The molecule has 2 aliphatic heterocycles. The number of carbonyl (C=O) groups excluding carboxylic acids is 1. The van der Waals surface area contributed by atoms with E-state index in [1.165, 1.54) is 16.8 Å². The van der Waals surface area contributed by atoms with E-state index in [9.17, 15) is 4.79 Å². The lowest BCUT2D eigenvalue weighted by Crippen LogP contribution is -2.35. The van der Waals surface area contributed by atoms with Gasteiger partial charge in [0.1, 0.15) is 0 Å². The first-order valence-electron chi connectivity index (χ1n) is 11.3. The predicted molar refractivity (Wildman–Crippen MR) is 115 cm³/mol. The molecular formula is C24H32N4O2. The Morgan fingerprint density at radius 3 is 2.70 bits per heavy atom. The molecule has 2 saturated heterocycles. The summed E-state index contributed by atoms with van der Waals surface area (Å²) >= 11 is 0. The highest BCUT2D eigenvalue weighted by atomic mass is 16.5. The van der Waals surface area contributed by atoms with Gasteiger partial charge in [-0.3, -0.25) is 14.4 Å². The summed E-state index contributed by atoms with van der Waals surface area (Å²) in [5.74, 6) is 1.58. The fourth-order valence-corrected chi connectivity index (χ4v) is 5.74. The Bertz CT molecular complexity index is 918. The Hall–Kier alpha value is -2.18. The van der Waals surface area contributed by atoms with Gasteiger partial charge in [-0.15, -0.1) is 0 Å². The van der Waals surface area contributed by atoms with Crippen LogP contribution in [0.2, 0.25) is 0 Å². The first-order valence-corrected chi connectivity index (χ1v) is 11.3. The minimum absolute atomic E-state index is 0.122. The van der Waals surface area contributed by atoms with Crippen molar-refractivity contribution in [3.05, 3.63) is 52.8 Å². The van der Waals surface area contributed by atoms with Crippen LogP contribution in [0.4, 0.5) is 0 Å².